The Morgan fingerprint density at radius 2 is 1.70 bits per heavy atom. The van der Waals surface area contributed by atoms with Crippen LogP contribution in [0.15, 0.2) is 54.1 Å². The van der Waals surface area contributed by atoms with Gasteiger partial charge >= 0.3 is 6.03 Å². The van der Waals surface area contributed by atoms with Crippen molar-refractivity contribution in [3.05, 3.63) is 69.8 Å². The third-order valence-corrected chi connectivity index (χ3v) is 5.08. The van der Waals surface area contributed by atoms with Gasteiger partial charge in [0.1, 0.15) is 5.57 Å². The normalized spacial score (nSPS) is 18.1. The fourth-order valence-corrected chi connectivity index (χ4v) is 3.64. The van der Waals surface area contributed by atoms with E-state index in [-0.39, 0.29) is 11.3 Å². The van der Waals surface area contributed by atoms with Gasteiger partial charge in [-0.05, 0) is 37.1 Å². The fraction of sp³-hybridized carbons (Fsp3) is 0.190. The van der Waals surface area contributed by atoms with Gasteiger partial charge in [-0.3, -0.25) is 25.0 Å². The van der Waals surface area contributed by atoms with E-state index >= 15 is 0 Å². The molecule has 0 bridgehead atoms. The van der Waals surface area contributed by atoms with Crippen molar-refractivity contribution in [1.29, 1.82) is 0 Å². The predicted octanol–water partition coefficient (Wildman–Crippen LogP) is 2.86. The van der Waals surface area contributed by atoms with Crippen LogP contribution in [0.4, 0.5) is 21.9 Å². The van der Waals surface area contributed by atoms with Crippen LogP contribution in [-0.4, -0.2) is 35.9 Å². The molecule has 2 aliphatic heterocycles. The topological polar surface area (TPSA) is 113 Å². The molecule has 4 rings (SSSR count). The molecule has 30 heavy (non-hydrogen) atoms. The van der Waals surface area contributed by atoms with Crippen LogP contribution < -0.4 is 15.1 Å². The van der Waals surface area contributed by atoms with Crippen LogP contribution in [0, 0.1) is 10.1 Å². The molecule has 152 valence electrons. The van der Waals surface area contributed by atoms with E-state index in [1.807, 2.05) is 0 Å². The molecule has 0 unspecified atom stereocenters. The summed E-state index contributed by atoms with van der Waals surface area (Å²) in [6, 6.07) is 11.8. The van der Waals surface area contributed by atoms with Crippen molar-refractivity contribution in [3.63, 3.8) is 0 Å². The zero-order chi connectivity index (χ0) is 21.3. The number of nitrogens with one attached hydrogen (secondary N) is 1. The minimum absolute atomic E-state index is 0.149. The van der Waals surface area contributed by atoms with E-state index in [9.17, 15) is 24.5 Å². The third kappa shape index (κ3) is 3.52. The van der Waals surface area contributed by atoms with Crippen molar-refractivity contribution in [2.24, 2.45) is 0 Å². The smallest absolute Gasteiger partial charge is 0.335 e. The number of non-ortho nitro benzene ring substituents is 1. The van der Waals surface area contributed by atoms with Gasteiger partial charge in [0.25, 0.3) is 17.5 Å². The number of hydrogen-bond donors (Lipinski definition) is 1. The van der Waals surface area contributed by atoms with Gasteiger partial charge < -0.3 is 4.90 Å². The Morgan fingerprint density at radius 3 is 2.37 bits per heavy atom. The summed E-state index contributed by atoms with van der Waals surface area (Å²) in [5.41, 5.74) is 0.988. The second-order valence-electron chi connectivity index (χ2n) is 6.99. The summed E-state index contributed by atoms with van der Waals surface area (Å²) >= 11 is 0. The number of rotatable bonds is 4. The van der Waals surface area contributed by atoms with Crippen LogP contribution in [0.5, 0.6) is 0 Å². The number of hydrogen-bond acceptors (Lipinski definition) is 6. The molecular formula is C21H18N4O5. The van der Waals surface area contributed by atoms with Gasteiger partial charge in [0.05, 0.1) is 10.6 Å². The second kappa shape index (κ2) is 7.78. The molecule has 0 spiro atoms. The van der Waals surface area contributed by atoms with Crippen LogP contribution in [-0.2, 0) is 9.59 Å². The van der Waals surface area contributed by atoms with Crippen LogP contribution >= 0.6 is 0 Å². The largest absolute Gasteiger partial charge is 0.371 e. The Kier molecular flexibility index (Phi) is 5.01. The molecule has 2 saturated heterocycles. The van der Waals surface area contributed by atoms with E-state index in [4.69, 9.17) is 0 Å². The molecule has 0 saturated carbocycles. The van der Waals surface area contributed by atoms with Gasteiger partial charge in [-0.2, -0.15) is 0 Å². The van der Waals surface area contributed by atoms with Crippen molar-refractivity contribution in [2.75, 3.05) is 22.9 Å². The number of nitrogens with zero attached hydrogens (tertiary/aromatic N) is 3. The van der Waals surface area contributed by atoms with Crippen molar-refractivity contribution in [1.82, 2.24) is 5.32 Å². The minimum Gasteiger partial charge on any atom is -0.371 e. The maximum absolute atomic E-state index is 13.0. The van der Waals surface area contributed by atoms with Crippen molar-refractivity contribution in [2.45, 2.75) is 12.8 Å². The van der Waals surface area contributed by atoms with E-state index in [0.29, 0.717) is 16.9 Å². The number of nitro benzene ring substituents is 1. The number of carbonyl (C=O) groups is 3. The van der Waals surface area contributed by atoms with E-state index in [1.165, 1.54) is 18.2 Å². The zero-order valence-corrected chi connectivity index (χ0v) is 15.9. The Hall–Kier alpha value is -4.01. The SMILES string of the molecule is O=C1NC(=O)N(c2ccccc2)C(=O)/C1=C/c1cc([N+](=O)[O-])ccc1N1CCCC1. The maximum atomic E-state index is 13.0. The Balaban J connectivity index is 1.80. The Morgan fingerprint density at radius 1 is 1.00 bits per heavy atom. The highest BCUT2D eigenvalue weighted by Gasteiger charge is 2.37. The first-order chi connectivity index (χ1) is 14.5. The highest BCUT2D eigenvalue weighted by Crippen LogP contribution is 2.31. The van der Waals surface area contributed by atoms with Crippen molar-refractivity contribution in [3.8, 4) is 0 Å². The number of imide groups is 2. The van der Waals surface area contributed by atoms with E-state index in [2.05, 4.69) is 10.2 Å². The van der Waals surface area contributed by atoms with Gasteiger partial charge in [-0.1, -0.05) is 18.2 Å². The lowest BCUT2D eigenvalue weighted by molar-refractivity contribution is -0.384. The molecule has 0 aliphatic carbocycles. The summed E-state index contributed by atoms with van der Waals surface area (Å²) in [7, 11) is 0. The first-order valence-electron chi connectivity index (χ1n) is 9.45. The molecule has 2 aromatic carbocycles. The van der Waals surface area contributed by atoms with Gasteiger partial charge in [-0.25, -0.2) is 9.69 Å². The molecule has 9 heteroatoms. The quantitative estimate of drug-likeness (QED) is 0.362. The van der Waals surface area contributed by atoms with Crippen LogP contribution in [0.1, 0.15) is 18.4 Å². The minimum atomic E-state index is -0.841. The maximum Gasteiger partial charge on any atom is 0.335 e. The van der Waals surface area contributed by atoms with E-state index < -0.39 is 22.8 Å². The number of para-hydroxylation sites is 1. The summed E-state index contributed by atoms with van der Waals surface area (Å²) in [4.78, 5) is 51.4. The monoisotopic (exact) mass is 406 g/mol. The Bertz CT molecular complexity index is 1070. The lowest BCUT2D eigenvalue weighted by atomic mass is 10.0. The second-order valence-corrected chi connectivity index (χ2v) is 6.99. The number of benzene rings is 2. The number of carbonyl (C=O) groups excluding carboxylic acids is 3. The molecule has 4 amide bonds. The summed E-state index contributed by atoms with van der Waals surface area (Å²) in [5.74, 6) is -1.62. The van der Waals surface area contributed by atoms with E-state index in [1.54, 1.807) is 36.4 Å². The number of amides is 4. The first kappa shape index (κ1) is 19.3. The summed E-state index contributed by atoms with van der Waals surface area (Å²) < 4.78 is 0. The molecule has 0 radical (unpaired) electrons. The van der Waals surface area contributed by atoms with Gasteiger partial charge in [0.15, 0.2) is 0 Å². The molecule has 9 nitrogen and oxygen atoms in total. The average molecular weight is 406 g/mol. The highest BCUT2D eigenvalue weighted by atomic mass is 16.6. The summed E-state index contributed by atoms with van der Waals surface area (Å²) in [6.45, 7) is 1.56. The molecular weight excluding hydrogens is 388 g/mol. The standard InChI is InChI=1S/C21H18N4O5/c26-19-17(20(27)24(21(28)22-19)15-6-2-1-3-7-15)13-14-12-16(25(29)30)8-9-18(14)23-10-4-5-11-23/h1-3,6-9,12-13H,4-5,10-11H2,(H,22,26,28)/b17-13+. The van der Waals surface area contributed by atoms with Crippen molar-refractivity contribution >= 4 is 41.0 Å². The number of urea groups is 1. The number of barbiturate groups is 1. The van der Waals surface area contributed by atoms with Gasteiger partial charge in [0.2, 0.25) is 0 Å². The first-order valence-corrected chi connectivity index (χ1v) is 9.45. The molecule has 1 N–H and O–H groups in total. The van der Waals surface area contributed by atoms with E-state index in [0.717, 1.165) is 30.8 Å². The van der Waals surface area contributed by atoms with Crippen LogP contribution in [0.25, 0.3) is 6.08 Å². The van der Waals surface area contributed by atoms with Crippen molar-refractivity contribution < 1.29 is 19.3 Å². The predicted molar refractivity (Wildman–Crippen MR) is 110 cm³/mol. The van der Waals surface area contributed by atoms with Crippen LogP contribution in [0.2, 0.25) is 0 Å². The molecule has 0 atom stereocenters. The molecule has 2 aliphatic rings. The highest BCUT2D eigenvalue weighted by molar-refractivity contribution is 6.39. The summed E-state index contributed by atoms with van der Waals surface area (Å²) in [5, 5.41) is 13.4. The molecule has 2 aromatic rings. The van der Waals surface area contributed by atoms with Gasteiger partial charge in [0, 0.05) is 36.5 Å². The number of nitro groups is 1. The Labute approximate surface area is 171 Å². The zero-order valence-electron chi connectivity index (χ0n) is 15.9. The van der Waals surface area contributed by atoms with Crippen LogP contribution in [0.3, 0.4) is 0 Å². The lowest BCUT2D eigenvalue weighted by Gasteiger charge is -2.27. The lowest BCUT2D eigenvalue weighted by Crippen LogP contribution is -2.54. The van der Waals surface area contributed by atoms with Gasteiger partial charge in [-0.15, -0.1) is 0 Å². The number of anilines is 2. The summed E-state index contributed by atoms with van der Waals surface area (Å²) in [6.07, 6.45) is 3.30. The average Bonchev–Trinajstić information content (AvgIpc) is 3.26. The molecule has 2 fully saturated rings. The fourth-order valence-electron chi connectivity index (χ4n) is 3.64. The third-order valence-electron chi connectivity index (χ3n) is 5.08. The molecule has 2 heterocycles. The molecule has 0 aromatic heterocycles.